The van der Waals surface area contributed by atoms with E-state index in [4.69, 9.17) is 0 Å². The summed E-state index contributed by atoms with van der Waals surface area (Å²) >= 11 is 0. The molecule has 2 nitrogen and oxygen atoms in total. The Labute approximate surface area is 177 Å². The third-order valence-corrected chi connectivity index (χ3v) is 3.17. The monoisotopic (exact) mass is 450 g/mol. The van der Waals surface area contributed by atoms with E-state index < -0.39 is 56.6 Å². The Balaban J connectivity index is 0. The summed E-state index contributed by atoms with van der Waals surface area (Å²) in [6.45, 7) is -7.23. The predicted octanol–water partition coefficient (Wildman–Crippen LogP) is 1.47. The average Bonchev–Trinajstić information content (AvgIpc) is 2.36. The normalized spacial score (nSPS) is 15.7. The summed E-state index contributed by atoms with van der Waals surface area (Å²) in [6, 6.07) is 0. The molecule has 0 saturated carbocycles. The Morgan fingerprint density at radius 2 is 0.692 bits per heavy atom. The van der Waals surface area contributed by atoms with Crippen LogP contribution in [0.3, 0.4) is 0 Å². The Kier molecular flexibility index (Phi) is 8.67. The summed E-state index contributed by atoms with van der Waals surface area (Å²) in [7, 11) is -1.05. The zero-order valence-corrected chi connectivity index (χ0v) is 15.8. The molecule has 0 spiro atoms. The van der Waals surface area contributed by atoms with E-state index in [0.717, 1.165) is 0 Å². The molecule has 0 heterocycles. The minimum absolute atomic E-state index is 0. The molecular formula is C8H6BF14KO2. The van der Waals surface area contributed by atoms with Gasteiger partial charge in [0.15, 0.2) is 0 Å². The van der Waals surface area contributed by atoms with Gasteiger partial charge in [-0.1, -0.05) is 0 Å². The van der Waals surface area contributed by atoms with Crippen molar-refractivity contribution in [3.05, 3.63) is 0 Å². The van der Waals surface area contributed by atoms with Crippen LogP contribution in [-0.2, 0) is 9.31 Å². The van der Waals surface area contributed by atoms with Gasteiger partial charge in [-0.15, -0.1) is 0 Å². The molecule has 18 heteroatoms. The van der Waals surface area contributed by atoms with Crippen molar-refractivity contribution in [2.45, 2.75) is 35.8 Å². The Morgan fingerprint density at radius 1 is 0.500 bits per heavy atom. The van der Waals surface area contributed by atoms with E-state index in [1.54, 1.807) is 0 Å². The fourth-order valence-corrected chi connectivity index (χ4v) is 1.77. The van der Waals surface area contributed by atoms with Crippen LogP contribution < -0.4 is 51.4 Å². The van der Waals surface area contributed by atoms with E-state index in [2.05, 4.69) is 9.31 Å². The van der Waals surface area contributed by atoms with Crippen LogP contribution in [0.2, 0.25) is 0 Å². The molecule has 0 aromatic carbocycles. The molecule has 0 rings (SSSR count). The van der Waals surface area contributed by atoms with E-state index in [9.17, 15) is 61.5 Å². The predicted molar refractivity (Wildman–Crippen MR) is 51.7 cm³/mol. The number of hydrogen-bond donors (Lipinski definition) is 0. The van der Waals surface area contributed by atoms with Gasteiger partial charge >= 0.3 is 82.1 Å². The van der Waals surface area contributed by atoms with Crippen molar-refractivity contribution in [2.24, 2.45) is 0 Å². The molecule has 0 unspecified atom stereocenters. The van der Waals surface area contributed by atoms with Crippen molar-refractivity contribution < 1.29 is 122 Å². The Bertz CT molecular complexity index is 442. The van der Waals surface area contributed by atoms with Crippen LogP contribution in [0.1, 0.15) is 0 Å². The first-order valence-electron chi connectivity index (χ1n) is 5.51. The van der Waals surface area contributed by atoms with Gasteiger partial charge in [-0.25, -0.2) is 17.6 Å². The van der Waals surface area contributed by atoms with Gasteiger partial charge in [-0.2, -0.15) is 43.9 Å². The van der Waals surface area contributed by atoms with Crippen molar-refractivity contribution in [1.82, 2.24) is 0 Å². The minimum atomic E-state index is -7.52. The van der Waals surface area contributed by atoms with Gasteiger partial charge in [-0.3, -0.25) is 0 Å². The summed E-state index contributed by atoms with van der Waals surface area (Å²) in [6.07, 6.45) is -14.7. The second kappa shape index (κ2) is 7.81. The fraction of sp³-hybridized carbons (Fsp3) is 1.00. The molecule has 26 heavy (non-hydrogen) atoms. The van der Waals surface area contributed by atoms with Crippen LogP contribution in [0, 0.1) is 0 Å². The standard InChI is InChI=1S/C8H6BF14O2.K/c1-24-9(25-2,5(14,15)3(10,11)7(18,19)20)6(16,17)4(12,13)8(21,22)23;/h1-2H3;/q-1;+1. The summed E-state index contributed by atoms with van der Waals surface area (Å²) in [5.41, 5.74) is 0. The third kappa shape index (κ3) is 3.75. The van der Waals surface area contributed by atoms with Crippen molar-refractivity contribution in [3.8, 4) is 0 Å². The van der Waals surface area contributed by atoms with Gasteiger partial charge in [0, 0.05) is 0 Å². The van der Waals surface area contributed by atoms with Crippen LogP contribution in [0.15, 0.2) is 0 Å². The van der Waals surface area contributed by atoms with E-state index in [1.807, 2.05) is 0 Å². The average molecular weight is 450 g/mol. The minimum Gasteiger partial charge on any atom is -0.563 e. The molecule has 0 atom stereocenters. The van der Waals surface area contributed by atoms with Crippen LogP contribution in [0.25, 0.3) is 0 Å². The quantitative estimate of drug-likeness (QED) is 0.451. The first-order valence-corrected chi connectivity index (χ1v) is 5.51. The van der Waals surface area contributed by atoms with E-state index in [1.165, 1.54) is 0 Å². The zero-order valence-electron chi connectivity index (χ0n) is 12.7. The number of alkyl halides is 14. The van der Waals surface area contributed by atoms with E-state index in [-0.39, 0.29) is 51.4 Å². The van der Waals surface area contributed by atoms with Crippen molar-refractivity contribution in [3.63, 3.8) is 0 Å². The molecule has 0 aromatic heterocycles. The SMILES string of the molecule is CO[B-](OC)(C(F)(F)C(F)(F)C(F)(F)F)C(F)(F)C(F)(F)C(F)(F)F.[K+]. The van der Waals surface area contributed by atoms with Crippen LogP contribution >= 0.6 is 0 Å². The van der Waals surface area contributed by atoms with E-state index in [0.29, 0.717) is 0 Å². The summed E-state index contributed by atoms with van der Waals surface area (Å²) in [5.74, 6) is -29.8. The summed E-state index contributed by atoms with van der Waals surface area (Å²) in [4.78, 5) is 0. The molecular weight excluding hydrogens is 444 g/mol. The maximum absolute atomic E-state index is 13.6. The Morgan fingerprint density at radius 3 is 0.808 bits per heavy atom. The van der Waals surface area contributed by atoms with Gasteiger partial charge in [0.05, 0.1) is 0 Å². The Hall–Kier alpha value is 0.641. The maximum atomic E-state index is 13.6. The largest absolute Gasteiger partial charge is 1.00 e. The second-order valence-corrected chi connectivity index (χ2v) is 4.57. The molecule has 0 aliphatic carbocycles. The maximum Gasteiger partial charge on any atom is 1.00 e. The topological polar surface area (TPSA) is 18.5 Å². The van der Waals surface area contributed by atoms with Gasteiger partial charge in [0.25, 0.3) is 11.6 Å². The molecule has 0 bridgehead atoms. The first-order chi connectivity index (χ1) is 10.6. The van der Waals surface area contributed by atoms with Gasteiger partial charge < -0.3 is 9.31 Å². The van der Waals surface area contributed by atoms with Gasteiger partial charge in [0.1, 0.15) is 0 Å². The van der Waals surface area contributed by atoms with Crippen LogP contribution in [0.4, 0.5) is 61.5 Å². The first kappa shape index (κ1) is 28.8. The second-order valence-electron chi connectivity index (χ2n) is 4.57. The van der Waals surface area contributed by atoms with Crippen molar-refractivity contribution >= 4 is 6.55 Å². The number of halogens is 14. The zero-order chi connectivity index (χ0) is 20.9. The molecule has 0 aromatic rings. The van der Waals surface area contributed by atoms with Crippen LogP contribution in [-0.4, -0.2) is 56.6 Å². The molecule has 0 radical (unpaired) electrons. The molecule has 0 amide bonds. The van der Waals surface area contributed by atoms with Gasteiger partial charge in [0.2, 0.25) is 0 Å². The number of hydrogen-bond acceptors (Lipinski definition) is 2. The third-order valence-electron chi connectivity index (χ3n) is 3.17. The molecule has 0 aliphatic rings. The number of rotatable bonds is 6. The molecule has 0 N–H and O–H groups in total. The fourth-order valence-electron chi connectivity index (χ4n) is 1.77. The molecule has 0 fully saturated rings. The molecule has 152 valence electrons. The van der Waals surface area contributed by atoms with Crippen LogP contribution in [0.5, 0.6) is 0 Å². The molecule has 0 aliphatic heterocycles. The summed E-state index contributed by atoms with van der Waals surface area (Å²) in [5, 5.41) is 0. The van der Waals surface area contributed by atoms with E-state index >= 15 is 0 Å². The smallest absolute Gasteiger partial charge is 0.563 e. The van der Waals surface area contributed by atoms with Gasteiger partial charge in [-0.05, 0) is 14.2 Å². The van der Waals surface area contributed by atoms with Crippen molar-refractivity contribution in [1.29, 1.82) is 0 Å². The van der Waals surface area contributed by atoms with Crippen molar-refractivity contribution in [2.75, 3.05) is 14.2 Å². The molecule has 0 saturated heterocycles. The summed E-state index contributed by atoms with van der Waals surface area (Å²) < 4.78 is 184.